The summed E-state index contributed by atoms with van der Waals surface area (Å²) in [6, 6.07) is 12.4. The van der Waals surface area contributed by atoms with Crippen LogP contribution in [0.1, 0.15) is 27.0 Å². The molecule has 2 aromatic carbocycles. The molecule has 1 heterocycles. The van der Waals surface area contributed by atoms with E-state index < -0.39 is 22.6 Å². The van der Waals surface area contributed by atoms with Crippen molar-refractivity contribution in [2.45, 2.75) is 25.3 Å². The van der Waals surface area contributed by atoms with Gasteiger partial charge in [0.2, 0.25) is 10.0 Å². The van der Waals surface area contributed by atoms with E-state index in [0.29, 0.717) is 18.7 Å². The van der Waals surface area contributed by atoms with Crippen LogP contribution in [0.5, 0.6) is 0 Å². The zero-order valence-electron chi connectivity index (χ0n) is 17.7. The molecular weight excluding hydrogens is 418 g/mol. The van der Waals surface area contributed by atoms with E-state index in [1.54, 1.807) is 11.8 Å². The number of carbonyl (C=O) groups is 2. The van der Waals surface area contributed by atoms with Gasteiger partial charge < -0.3 is 9.64 Å². The summed E-state index contributed by atoms with van der Waals surface area (Å²) < 4.78 is 28.3. The molecule has 0 aliphatic carbocycles. The summed E-state index contributed by atoms with van der Waals surface area (Å²) in [4.78, 5) is 28.5. The van der Waals surface area contributed by atoms with Gasteiger partial charge in [-0.25, -0.2) is 18.4 Å². The largest absolute Gasteiger partial charge is 0.452 e. The van der Waals surface area contributed by atoms with Gasteiger partial charge >= 0.3 is 5.97 Å². The van der Waals surface area contributed by atoms with Gasteiger partial charge in [0.1, 0.15) is 0 Å². The Morgan fingerprint density at radius 3 is 2.39 bits per heavy atom. The SMILES string of the molecule is Cc1cccc(CN2CCN(C(=O)COC(=O)c3ccc(C)c(S(N)(=O)=O)c3)CC2)c1. The summed E-state index contributed by atoms with van der Waals surface area (Å²) in [6.07, 6.45) is 0. The van der Waals surface area contributed by atoms with Gasteiger partial charge in [-0.3, -0.25) is 9.69 Å². The number of hydrogen-bond acceptors (Lipinski definition) is 6. The minimum absolute atomic E-state index is 0.0328. The summed E-state index contributed by atoms with van der Waals surface area (Å²) in [6.45, 7) is 6.68. The van der Waals surface area contributed by atoms with Crippen LogP contribution in [0.25, 0.3) is 0 Å². The van der Waals surface area contributed by atoms with Gasteiger partial charge in [-0.05, 0) is 37.1 Å². The first-order chi connectivity index (χ1) is 14.6. The lowest BCUT2D eigenvalue weighted by Crippen LogP contribution is -2.49. The fourth-order valence-corrected chi connectivity index (χ4v) is 4.37. The molecule has 0 saturated carbocycles. The molecule has 31 heavy (non-hydrogen) atoms. The number of sulfonamides is 1. The van der Waals surface area contributed by atoms with E-state index in [-0.39, 0.29) is 16.4 Å². The fraction of sp³-hybridized carbons (Fsp3) is 0.364. The van der Waals surface area contributed by atoms with E-state index in [2.05, 4.69) is 30.0 Å². The number of amides is 1. The number of piperazine rings is 1. The number of rotatable bonds is 6. The third-order valence-corrected chi connectivity index (χ3v) is 6.32. The number of carbonyl (C=O) groups excluding carboxylic acids is 2. The lowest BCUT2D eigenvalue weighted by Gasteiger charge is -2.34. The third kappa shape index (κ3) is 6.13. The molecule has 1 aliphatic rings. The third-order valence-electron chi connectivity index (χ3n) is 5.27. The van der Waals surface area contributed by atoms with Gasteiger partial charge in [-0.15, -0.1) is 0 Å². The number of hydrogen-bond donors (Lipinski definition) is 1. The lowest BCUT2D eigenvalue weighted by atomic mass is 10.1. The zero-order valence-corrected chi connectivity index (χ0v) is 18.5. The van der Waals surface area contributed by atoms with Gasteiger partial charge in [0.05, 0.1) is 10.5 Å². The van der Waals surface area contributed by atoms with E-state index in [1.807, 2.05) is 6.07 Å². The quantitative estimate of drug-likeness (QED) is 0.674. The number of esters is 1. The van der Waals surface area contributed by atoms with Crippen molar-refractivity contribution in [1.82, 2.24) is 9.80 Å². The van der Waals surface area contributed by atoms with Crippen LogP contribution in [0.15, 0.2) is 47.4 Å². The molecule has 1 aliphatic heterocycles. The Labute approximate surface area is 182 Å². The zero-order chi connectivity index (χ0) is 22.6. The average Bonchev–Trinajstić information content (AvgIpc) is 2.72. The van der Waals surface area contributed by atoms with Crippen molar-refractivity contribution in [3.05, 3.63) is 64.7 Å². The first-order valence-corrected chi connectivity index (χ1v) is 11.5. The molecule has 2 aromatic rings. The van der Waals surface area contributed by atoms with Gasteiger partial charge in [0.15, 0.2) is 6.61 Å². The molecule has 0 spiro atoms. The summed E-state index contributed by atoms with van der Waals surface area (Å²) in [5, 5.41) is 5.17. The molecular formula is C22H27N3O5S. The Bertz CT molecular complexity index is 1080. The van der Waals surface area contributed by atoms with E-state index in [0.717, 1.165) is 19.6 Å². The first-order valence-electron chi connectivity index (χ1n) is 10.00. The molecule has 166 valence electrons. The van der Waals surface area contributed by atoms with Crippen LogP contribution >= 0.6 is 0 Å². The molecule has 0 bridgehead atoms. The van der Waals surface area contributed by atoms with E-state index >= 15 is 0 Å². The van der Waals surface area contributed by atoms with Gasteiger partial charge in [-0.2, -0.15) is 0 Å². The van der Waals surface area contributed by atoms with E-state index in [9.17, 15) is 18.0 Å². The second-order valence-electron chi connectivity index (χ2n) is 7.75. The predicted octanol–water partition coefficient (Wildman–Crippen LogP) is 1.45. The molecule has 0 radical (unpaired) electrons. The maximum Gasteiger partial charge on any atom is 0.338 e. The van der Waals surface area contributed by atoms with Crippen LogP contribution in [0.2, 0.25) is 0 Å². The summed E-state index contributed by atoms with van der Waals surface area (Å²) in [7, 11) is -3.96. The van der Waals surface area contributed by atoms with Crippen molar-refractivity contribution in [3.8, 4) is 0 Å². The standard InChI is InChI=1S/C22H27N3O5S/c1-16-4-3-5-18(12-16)14-24-8-10-25(11-9-24)21(26)15-30-22(27)19-7-6-17(2)20(13-19)31(23,28)29/h3-7,12-13H,8-11,14-15H2,1-2H3,(H2,23,28,29). The Morgan fingerprint density at radius 1 is 1.03 bits per heavy atom. The first kappa shape index (κ1) is 22.9. The predicted molar refractivity (Wildman–Crippen MR) is 116 cm³/mol. The van der Waals surface area contributed by atoms with Crippen molar-refractivity contribution in [2.24, 2.45) is 5.14 Å². The normalized spacial score (nSPS) is 15.0. The molecule has 1 fully saturated rings. The molecule has 1 amide bonds. The van der Waals surface area contributed by atoms with Crippen LogP contribution in [-0.2, 0) is 26.1 Å². The van der Waals surface area contributed by atoms with E-state index in [4.69, 9.17) is 9.88 Å². The lowest BCUT2D eigenvalue weighted by molar-refractivity contribution is -0.136. The topological polar surface area (TPSA) is 110 Å². The number of ether oxygens (including phenoxy) is 1. The smallest absolute Gasteiger partial charge is 0.338 e. The highest BCUT2D eigenvalue weighted by Gasteiger charge is 2.23. The van der Waals surface area contributed by atoms with Crippen molar-refractivity contribution in [1.29, 1.82) is 0 Å². The van der Waals surface area contributed by atoms with Crippen LogP contribution in [-0.4, -0.2) is 62.9 Å². The summed E-state index contributed by atoms with van der Waals surface area (Å²) in [5.41, 5.74) is 2.92. The van der Waals surface area contributed by atoms with Gasteiger partial charge in [-0.1, -0.05) is 35.9 Å². The molecule has 0 aromatic heterocycles. The maximum absolute atomic E-state index is 12.4. The minimum atomic E-state index is -3.96. The number of aryl methyl sites for hydroxylation is 2. The van der Waals surface area contributed by atoms with Crippen molar-refractivity contribution in [2.75, 3.05) is 32.8 Å². The number of primary sulfonamides is 1. The Balaban J connectivity index is 1.50. The van der Waals surface area contributed by atoms with Crippen LogP contribution in [0.3, 0.4) is 0 Å². The minimum Gasteiger partial charge on any atom is -0.452 e. The van der Waals surface area contributed by atoms with E-state index in [1.165, 1.54) is 29.3 Å². The summed E-state index contributed by atoms with van der Waals surface area (Å²) >= 11 is 0. The molecule has 2 N–H and O–H groups in total. The van der Waals surface area contributed by atoms with Gasteiger partial charge in [0, 0.05) is 32.7 Å². The molecule has 0 atom stereocenters. The Morgan fingerprint density at radius 2 is 1.74 bits per heavy atom. The monoisotopic (exact) mass is 445 g/mol. The van der Waals surface area contributed by atoms with Crippen molar-refractivity contribution >= 4 is 21.9 Å². The molecule has 0 unspecified atom stereocenters. The Kier molecular flexibility index (Phi) is 7.09. The van der Waals surface area contributed by atoms with Crippen molar-refractivity contribution < 1.29 is 22.7 Å². The highest BCUT2D eigenvalue weighted by atomic mass is 32.2. The molecule has 3 rings (SSSR count). The highest BCUT2D eigenvalue weighted by Crippen LogP contribution is 2.16. The summed E-state index contributed by atoms with van der Waals surface area (Å²) in [5.74, 6) is -1.04. The Hall–Kier alpha value is -2.75. The van der Waals surface area contributed by atoms with Gasteiger partial charge in [0.25, 0.3) is 5.91 Å². The highest BCUT2D eigenvalue weighted by molar-refractivity contribution is 7.89. The van der Waals surface area contributed by atoms with Crippen molar-refractivity contribution in [3.63, 3.8) is 0 Å². The number of nitrogens with zero attached hydrogens (tertiary/aromatic N) is 2. The average molecular weight is 446 g/mol. The van der Waals surface area contributed by atoms with Crippen LogP contribution in [0.4, 0.5) is 0 Å². The molecule has 9 heteroatoms. The number of benzene rings is 2. The second-order valence-corrected chi connectivity index (χ2v) is 9.28. The molecule has 8 nitrogen and oxygen atoms in total. The number of nitrogens with two attached hydrogens (primary N) is 1. The molecule has 1 saturated heterocycles. The van der Waals surface area contributed by atoms with Crippen LogP contribution < -0.4 is 5.14 Å². The maximum atomic E-state index is 12.4. The fourth-order valence-electron chi connectivity index (χ4n) is 3.56. The second kappa shape index (κ2) is 9.59. The van der Waals surface area contributed by atoms with Crippen LogP contribution in [0, 0.1) is 13.8 Å².